The second kappa shape index (κ2) is 5.88. The average molecular weight is 174 g/mol. The van der Waals surface area contributed by atoms with Crippen LogP contribution in [0, 0.1) is 5.92 Å². The monoisotopic (exact) mass is 173 g/mol. The van der Waals surface area contributed by atoms with Crippen molar-refractivity contribution < 1.29 is 0 Å². The summed E-state index contributed by atoms with van der Waals surface area (Å²) in [6.07, 6.45) is 11.0. The number of rotatable bonds is 6. The maximum Gasteiger partial charge on any atom is 0.0223 e. The topological polar surface area (TPSA) is 0 Å². The van der Waals surface area contributed by atoms with E-state index in [1.807, 2.05) is 5.92 Å². The molecule has 11 heavy (non-hydrogen) atoms. The second-order valence-electron chi connectivity index (χ2n) is 3.46. The maximum absolute atomic E-state index is 5.58. The summed E-state index contributed by atoms with van der Waals surface area (Å²) >= 11 is 5.58. The molecule has 0 aromatic heterocycles. The van der Waals surface area contributed by atoms with Crippen molar-refractivity contribution in [2.45, 2.75) is 51.4 Å². The summed E-state index contributed by atoms with van der Waals surface area (Å²) in [6.45, 7) is 0. The van der Waals surface area contributed by atoms with Gasteiger partial charge in [-0.25, -0.2) is 0 Å². The van der Waals surface area contributed by atoms with Crippen LogP contribution in [0.4, 0.5) is 0 Å². The first kappa shape index (κ1) is 9.38. The van der Waals surface area contributed by atoms with Crippen LogP contribution in [0.1, 0.15) is 51.4 Å². The van der Waals surface area contributed by atoms with Crippen molar-refractivity contribution in [2.24, 2.45) is 0 Å². The van der Waals surface area contributed by atoms with E-state index in [0.717, 1.165) is 5.88 Å². The zero-order chi connectivity index (χ0) is 7.94. The Morgan fingerprint density at radius 2 is 1.73 bits per heavy atom. The molecular weight excluding hydrogens is 156 g/mol. The van der Waals surface area contributed by atoms with Crippen molar-refractivity contribution in [3.8, 4) is 0 Å². The minimum Gasteiger partial charge on any atom is -0.127 e. The molecule has 0 N–H and O–H groups in total. The molecule has 0 saturated heterocycles. The number of unbranched alkanes of at least 4 members (excludes halogenated alkanes) is 3. The highest BCUT2D eigenvalue weighted by atomic mass is 35.5. The Kier molecular flexibility index (Phi) is 5.01. The van der Waals surface area contributed by atoms with E-state index in [2.05, 4.69) is 0 Å². The highest BCUT2D eigenvalue weighted by Gasteiger charge is 2.16. The molecule has 1 rings (SSSR count). The molecule has 0 aliphatic heterocycles. The van der Waals surface area contributed by atoms with Crippen LogP contribution in [0.2, 0.25) is 0 Å². The molecule has 1 saturated carbocycles. The summed E-state index contributed by atoms with van der Waals surface area (Å²) in [5.41, 5.74) is 0. The molecule has 1 aliphatic rings. The van der Waals surface area contributed by atoms with Crippen LogP contribution >= 0.6 is 11.6 Å². The van der Waals surface area contributed by atoms with Crippen molar-refractivity contribution in [1.82, 2.24) is 0 Å². The smallest absolute Gasteiger partial charge is 0.0223 e. The van der Waals surface area contributed by atoms with Crippen LogP contribution in [0.5, 0.6) is 0 Å². The molecule has 0 amide bonds. The van der Waals surface area contributed by atoms with Gasteiger partial charge in [-0.05, 0) is 31.6 Å². The molecule has 0 aromatic carbocycles. The third-order valence-electron chi connectivity index (χ3n) is 2.47. The zero-order valence-corrected chi connectivity index (χ0v) is 8.00. The molecule has 1 aliphatic carbocycles. The van der Waals surface area contributed by atoms with Crippen LogP contribution in [0.25, 0.3) is 0 Å². The molecular formula is C10H18Cl. The van der Waals surface area contributed by atoms with Crippen molar-refractivity contribution in [3.05, 3.63) is 5.92 Å². The van der Waals surface area contributed by atoms with Gasteiger partial charge >= 0.3 is 0 Å². The maximum atomic E-state index is 5.58. The van der Waals surface area contributed by atoms with Gasteiger partial charge in [-0.1, -0.05) is 25.7 Å². The predicted molar refractivity (Wildman–Crippen MR) is 50.9 cm³/mol. The Morgan fingerprint density at radius 3 is 2.27 bits per heavy atom. The highest BCUT2D eigenvalue weighted by Crippen LogP contribution is 2.33. The van der Waals surface area contributed by atoms with Crippen LogP contribution in [0.3, 0.4) is 0 Å². The van der Waals surface area contributed by atoms with E-state index >= 15 is 0 Å². The minimum absolute atomic E-state index is 0.844. The van der Waals surface area contributed by atoms with Crippen LogP contribution < -0.4 is 0 Å². The average Bonchev–Trinajstić information content (AvgIpc) is 1.93. The summed E-state index contributed by atoms with van der Waals surface area (Å²) < 4.78 is 0. The fourth-order valence-corrected chi connectivity index (χ4v) is 1.69. The summed E-state index contributed by atoms with van der Waals surface area (Å²) in [4.78, 5) is 0. The van der Waals surface area contributed by atoms with E-state index in [1.54, 1.807) is 0 Å². The van der Waals surface area contributed by atoms with Crippen molar-refractivity contribution in [3.63, 3.8) is 0 Å². The third kappa shape index (κ3) is 4.00. The first-order valence-corrected chi connectivity index (χ1v) is 5.36. The van der Waals surface area contributed by atoms with E-state index < -0.39 is 0 Å². The first-order chi connectivity index (χ1) is 5.43. The summed E-state index contributed by atoms with van der Waals surface area (Å²) in [7, 11) is 0. The van der Waals surface area contributed by atoms with Gasteiger partial charge < -0.3 is 0 Å². The molecule has 1 fully saturated rings. The zero-order valence-electron chi connectivity index (χ0n) is 7.24. The van der Waals surface area contributed by atoms with Gasteiger partial charge in [0.1, 0.15) is 0 Å². The molecule has 0 unspecified atom stereocenters. The van der Waals surface area contributed by atoms with Gasteiger partial charge in [0.2, 0.25) is 0 Å². The van der Waals surface area contributed by atoms with Gasteiger partial charge in [-0.15, -0.1) is 11.6 Å². The predicted octanol–water partition coefficient (Wildman–Crippen LogP) is 3.93. The Balaban J connectivity index is 1.73. The molecule has 0 aromatic rings. The summed E-state index contributed by atoms with van der Waals surface area (Å²) in [5.74, 6) is 2.66. The number of hydrogen-bond donors (Lipinski definition) is 0. The SMILES string of the molecule is ClCCCCCC[C]1CCC1. The van der Waals surface area contributed by atoms with Crippen molar-refractivity contribution >= 4 is 11.6 Å². The van der Waals surface area contributed by atoms with Crippen molar-refractivity contribution in [1.29, 1.82) is 0 Å². The normalized spacial score (nSPS) is 18.3. The lowest BCUT2D eigenvalue weighted by molar-refractivity contribution is 0.483. The second-order valence-corrected chi connectivity index (χ2v) is 3.83. The van der Waals surface area contributed by atoms with Gasteiger partial charge in [-0.3, -0.25) is 0 Å². The van der Waals surface area contributed by atoms with Gasteiger partial charge in [0.15, 0.2) is 0 Å². The quantitative estimate of drug-likeness (QED) is 0.422. The molecule has 1 radical (unpaired) electrons. The van der Waals surface area contributed by atoms with Crippen LogP contribution in [0.15, 0.2) is 0 Å². The van der Waals surface area contributed by atoms with Gasteiger partial charge in [-0.2, -0.15) is 0 Å². The lowest BCUT2D eigenvalue weighted by Gasteiger charge is -2.24. The summed E-state index contributed by atoms with van der Waals surface area (Å²) in [6, 6.07) is 0. The minimum atomic E-state index is 0.844. The Morgan fingerprint density at radius 1 is 1.00 bits per heavy atom. The Labute approximate surface area is 75.3 Å². The molecule has 1 heteroatoms. The van der Waals surface area contributed by atoms with Crippen LogP contribution in [-0.2, 0) is 0 Å². The molecule has 0 heterocycles. The molecule has 0 nitrogen and oxygen atoms in total. The standard InChI is InChI=1S/C10H18Cl/c11-9-4-2-1-3-6-10-7-5-8-10/h1-9H2. The van der Waals surface area contributed by atoms with Crippen LogP contribution in [-0.4, -0.2) is 5.88 Å². The van der Waals surface area contributed by atoms with E-state index in [9.17, 15) is 0 Å². The first-order valence-electron chi connectivity index (χ1n) is 4.83. The lowest BCUT2D eigenvalue weighted by atomic mass is 9.82. The largest absolute Gasteiger partial charge is 0.127 e. The lowest BCUT2D eigenvalue weighted by Crippen LogP contribution is -2.07. The number of alkyl halides is 1. The van der Waals surface area contributed by atoms with E-state index in [1.165, 1.54) is 51.4 Å². The fourth-order valence-electron chi connectivity index (χ4n) is 1.50. The fraction of sp³-hybridized carbons (Fsp3) is 0.900. The molecule has 0 spiro atoms. The van der Waals surface area contributed by atoms with Gasteiger partial charge in [0.25, 0.3) is 0 Å². The van der Waals surface area contributed by atoms with Gasteiger partial charge in [0.05, 0.1) is 0 Å². The number of hydrogen-bond acceptors (Lipinski definition) is 0. The van der Waals surface area contributed by atoms with E-state index in [0.29, 0.717) is 0 Å². The Hall–Kier alpha value is 0.290. The van der Waals surface area contributed by atoms with E-state index in [-0.39, 0.29) is 0 Å². The molecule has 65 valence electrons. The molecule has 0 atom stereocenters. The molecule has 0 bridgehead atoms. The van der Waals surface area contributed by atoms with Gasteiger partial charge in [0, 0.05) is 5.88 Å². The Bertz CT molecular complexity index is 86.9. The highest BCUT2D eigenvalue weighted by molar-refractivity contribution is 6.17. The summed E-state index contributed by atoms with van der Waals surface area (Å²) in [5, 5.41) is 0. The number of halogens is 1. The third-order valence-corrected chi connectivity index (χ3v) is 2.74. The van der Waals surface area contributed by atoms with E-state index in [4.69, 9.17) is 11.6 Å². The van der Waals surface area contributed by atoms with Crippen molar-refractivity contribution in [2.75, 3.05) is 5.88 Å².